The van der Waals surface area contributed by atoms with Gasteiger partial charge in [-0.25, -0.2) is 0 Å². The molecule has 0 aromatic heterocycles. The Hall–Kier alpha value is -1.24. The van der Waals surface area contributed by atoms with Gasteiger partial charge in [-0.1, -0.05) is 0 Å². The van der Waals surface area contributed by atoms with Crippen LogP contribution in [0.1, 0.15) is 12.5 Å². The van der Waals surface area contributed by atoms with Crippen LogP contribution in [0.4, 0.5) is 11.4 Å². The molecular weight excluding hydrogens is 261 g/mol. The maximum absolute atomic E-state index is 3.51. The van der Waals surface area contributed by atoms with Crippen molar-refractivity contribution in [1.29, 1.82) is 0 Å². The van der Waals surface area contributed by atoms with Crippen LogP contribution in [0, 0.1) is 0 Å². The average molecular weight is 274 g/mol. The zero-order valence-electron chi connectivity index (χ0n) is 9.16. The molecule has 0 amide bonds. The minimum absolute atomic E-state index is 0.447. The molecule has 0 radical (unpaired) electrons. The normalized spacial score (nSPS) is 12.6. The molecule has 0 atom stereocenters. The van der Waals surface area contributed by atoms with Gasteiger partial charge in [0.25, 0.3) is 0 Å². The Morgan fingerprint density at radius 2 is 1.81 bits per heavy atom. The van der Waals surface area contributed by atoms with Gasteiger partial charge in [0.1, 0.15) is 0 Å². The number of nitrogens with one attached hydrogen (secondary N) is 1. The molecule has 0 bridgehead atoms. The van der Waals surface area contributed by atoms with E-state index in [0.717, 1.165) is 6.42 Å². The topological polar surface area (TPSA) is 12.0 Å². The quantitative estimate of drug-likeness (QED) is 0.669. The van der Waals surface area contributed by atoms with E-state index in [4.69, 9.17) is 0 Å². The fourth-order valence-corrected chi connectivity index (χ4v) is 4.10. The van der Waals surface area contributed by atoms with E-state index in [-0.39, 0.29) is 0 Å². The zero-order valence-corrected chi connectivity index (χ0v) is 10.9. The number of fused-ring (bicyclic) bond motifs is 2. The summed E-state index contributed by atoms with van der Waals surface area (Å²) < 4.78 is 2.93. The van der Waals surface area contributed by atoms with E-state index >= 15 is 0 Å². The van der Waals surface area contributed by atoms with Gasteiger partial charge in [0, 0.05) is 0 Å². The van der Waals surface area contributed by atoms with Crippen molar-refractivity contribution < 1.29 is 0 Å². The summed E-state index contributed by atoms with van der Waals surface area (Å²) in [5, 5.41) is 3.51. The molecule has 0 fully saturated rings. The first-order valence-electron chi connectivity index (χ1n) is 5.53. The maximum atomic E-state index is 3.51. The van der Waals surface area contributed by atoms with Crippen molar-refractivity contribution in [3.8, 4) is 0 Å². The second-order valence-corrected chi connectivity index (χ2v) is 6.18. The van der Waals surface area contributed by atoms with Crippen LogP contribution >= 0.6 is 0 Å². The molecule has 1 aliphatic rings. The van der Waals surface area contributed by atoms with Crippen molar-refractivity contribution in [1.82, 2.24) is 0 Å². The molecule has 16 heavy (non-hydrogen) atoms. The molecule has 0 saturated heterocycles. The summed E-state index contributed by atoms with van der Waals surface area (Å²) >= 11 is 0.447. The molecule has 1 aliphatic heterocycles. The molecule has 80 valence electrons. The summed E-state index contributed by atoms with van der Waals surface area (Å²) in [5.74, 6) is 0. The number of hydrogen-bond donors (Lipinski definition) is 1. The fraction of sp³-hybridized carbons (Fsp3) is 0.143. The van der Waals surface area contributed by atoms with Crippen LogP contribution < -0.4 is 14.2 Å². The van der Waals surface area contributed by atoms with Gasteiger partial charge in [0.2, 0.25) is 0 Å². The molecule has 0 spiro atoms. The first-order valence-corrected chi connectivity index (χ1v) is 7.25. The number of para-hydroxylation sites is 1. The van der Waals surface area contributed by atoms with E-state index in [1.165, 1.54) is 25.9 Å². The summed E-state index contributed by atoms with van der Waals surface area (Å²) in [7, 11) is 0. The van der Waals surface area contributed by atoms with Gasteiger partial charge in [-0.3, -0.25) is 0 Å². The first kappa shape index (κ1) is 9.95. The van der Waals surface area contributed by atoms with Gasteiger partial charge in [0.05, 0.1) is 0 Å². The van der Waals surface area contributed by atoms with Crippen LogP contribution in [-0.4, -0.2) is 15.0 Å². The van der Waals surface area contributed by atoms with Crippen molar-refractivity contribution in [2.24, 2.45) is 0 Å². The molecule has 3 rings (SSSR count). The molecule has 1 nitrogen and oxygen atoms in total. The molecule has 2 aromatic rings. The molecular formula is C14H13NSe. The van der Waals surface area contributed by atoms with Crippen molar-refractivity contribution in [3.05, 3.63) is 48.0 Å². The summed E-state index contributed by atoms with van der Waals surface area (Å²) in [6, 6.07) is 15.4. The third-order valence-electron chi connectivity index (χ3n) is 2.83. The van der Waals surface area contributed by atoms with Crippen molar-refractivity contribution in [2.75, 3.05) is 5.32 Å². The van der Waals surface area contributed by atoms with Crippen LogP contribution in [0.25, 0.3) is 0 Å². The van der Waals surface area contributed by atoms with E-state index < -0.39 is 0 Å². The van der Waals surface area contributed by atoms with Gasteiger partial charge in [-0.15, -0.1) is 0 Å². The molecule has 1 heterocycles. The van der Waals surface area contributed by atoms with Crippen molar-refractivity contribution >= 4 is 35.3 Å². The average Bonchev–Trinajstić information content (AvgIpc) is 2.35. The number of anilines is 2. The Labute approximate surface area is 102 Å². The molecule has 0 aliphatic carbocycles. The van der Waals surface area contributed by atoms with Gasteiger partial charge in [0.15, 0.2) is 0 Å². The molecule has 0 saturated carbocycles. The van der Waals surface area contributed by atoms with Gasteiger partial charge < -0.3 is 0 Å². The zero-order chi connectivity index (χ0) is 11.0. The molecule has 1 N–H and O–H groups in total. The van der Waals surface area contributed by atoms with Crippen LogP contribution in [-0.2, 0) is 6.42 Å². The number of aryl methyl sites for hydroxylation is 1. The van der Waals surface area contributed by atoms with Crippen LogP contribution in [0.2, 0.25) is 0 Å². The number of benzene rings is 2. The SMILES string of the molecule is CCc1ccc2c(c1)[Se]c1ccccc1N2. The second-order valence-electron chi connectivity index (χ2n) is 3.91. The Morgan fingerprint density at radius 3 is 2.69 bits per heavy atom. The third kappa shape index (κ3) is 1.64. The summed E-state index contributed by atoms with van der Waals surface area (Å²) in [4.78, 5) is 0. The number of rotatable bonds is 1. The Kier molecular flexibility index (Phi) is 2.47. The van der Waals surface area contributed by atoms with Gasteiger partial charge in [-0.2, -0.15) is 0 Å². The monoisotopic (exact) mass is 275 g/mol. The van der Waals surface area contributed by atoms with E-state index in [2.05, 4.69) is 54.7 Å². The van der Waals surface area contributed by atoms with E-state index in [9.17, 15) is 0 Å². The van der Waals surface area contributed by atoms with Crippen molar-refractivity contribution in [3.63, 3.8) is 0 Å². The Morgan fingerprint density at radius 1 is 1.00 bits per heavy atom. The first-order chi connectivity index (χ1) is 7.86. The Balaban J connectivity index is 2.05. The summed E-state index contributed by atoms with van der Waals surface area (Å²) in [5.41, 5.74) is 4.00. The standard InChI is InChI=1S/C14H13NSe/c1-2-10-7-8-12-14(9-10)16-13-6-4-3-5-11(13)15-12/h3-9,15H,2H2,1H3. The van der Waals surface area contributed by atoms with Gasteiger partial charge in [-0.05, 0) is 0 Å². The van der Waals surface area contributed by atoms with E-state index in [0.29, 0.717) is 15.0 Å². The van der Waals surface area contributed by atoms with Crippen molar-refractivity contribution in [2.45, 2.75) is 13.3 Å². The van der Waals surface area contributed by atoms with Gasteiger partial charge >= 0.3 is 102 Å². The van der Waals surface area contributed by atoms with E-state index in [1.54, 1.807) is 0 Å². The summed E-state index contributed by atoms with van der Waals surface area (Å²) in [6.07, 6.45) is 1.12. The second kappa shape index (κ2) is 3.97. The van der Waals surface area contributed by atoms with Crippen LogP contribution in [0.3, 0.4) is 0 Å². The summed E-state index contributed by atoms with van der Waals surface area (Å²) in [6.45, 7) is 2.21. The van der Waals surface area contributed by atoms with Crippen LogP contribution in [0.5, 0.6) is 0 Å². The predicted molar refractivity (Wildman–Crippen MR) is 70.6 cm³/mol. The van der Waals surface area contributed by atoms with E-state index in [1.807, 2.05) is 0 Å². The van der Waals surface area contributed by atoms with Crippen LogP contribution in [0.15, 0.2) is 42.5 Å². The molecule has 0 unspecified atom stereocenters. The Bertz CT molecular complexity index is 534. The third-order valence-corrected chi connectivity index (χ3v) is 5.21. The fourth-order valence-electron chi connectivity index (χ4n) is 1.90. The number of hydrogen-bond acceptors (Lipinski definition) is 1. The predicted octanol–water partition coefficient (Wildman–Crippen LogP) is 1.96. The molecule has 2 aromatic carbocycles. The molecule has 2 heteroatoms. The minimum atomic E-state index is 0.447.